The number of likely N-dealkylation sites (tertiary alicyclic amines) is 1. The number of benzene rings is 1. The fourth-order valence-electron chi connectivity index (χ4n) is 3.71. The van der Waals surface area contributed by atoms with Crippen LogP contribution in [-0.2, 0) is 5.41 Å². The first-order valence-electron chi connectivity index (χ1n) is 7.73. The molecule has 1 spiro atoms. The van der Waals surface area contributed by atoms with E-state index in [9.17, 15) is 4.79 Å². The highest BCUT2D eigenvalue weighted by atomic mass is 16.5. The summed E-state index contributed by atoms with van der Waals surface area (Å²) in [5.74, 6) is 0.0350. The molecule has 5 heteroatoms. The van der Waals surface area contributed by atoms with Crippen LogP contribution in [0.15, 0.2) is 35.1 Å². The second-order valence-corrected chi connectivity index (χ2v) is 6.29. The minimum Gasteiger partial charge on any atom is -0.384 e. The highest BCUT2D eigenvalue weighted by molar-refractivity contribution is 5.94. The number of carbonyl (C=O) groups is 1. The van der Waals surface area contributed by atoms with Crippen molar-refractivity contribution in [1.29, 1.82) is 0 Å². The molecule has 1 fully saturated rings. The number of nitrogens with one attached hydrogen (secondary N) is 1. The van der Waals surface area contributed by atoms with Gasteiger partial charge in [0.15, 0.2) is 0 Å². The van der Waals surface area contributed by atoms with E-state index in [2.05, 4.69) is 34.7 Å². The molecule has 0 saturated carbocycles. The summed E-state index contributed by atoms with van der Waals surface area (Å²) in [4.78, 5) is 14.5. The predicted octanol–water partition coefficient (Wildman–Crippen LogP) is 2.58. The molecule has 0 bridgehead atoms. The summed E-state index contributed by atoms with van der Waals surface area (Å²) >= 11 is 0. The van der Waals surface area contributed by atoms with E-state index < -0.39 is 0 Å². The lowest BCUT2D eigenvalue weighted by Gasteiger charge is -2.39. The van der Waals surface area contributed by atoms with Crippen molar-refractivity contribution in [3.63, 3.8) is 0 Å². The van der Waals surface area contributed by atoms with Crippen LogP contribution in [0.1, 0.15) is 34.5 Å². The lowest BCUT2D eigenvalue weighted by molar-refractivity contribution is 0.0675. The van der Waals surface area contributed by atoms with Crippen molar-refractivity contribution in [2.24, 2.45) is 0 Å². The number of hydrogen-bond donors (Lipinski definition) is 1. The Labute approximate surface area is 129 Å². The molecule has 4 rings (SSSR count). The minimum absolute atomic E-state index is 0.0350. The average molecular weight is 297 g/mol. The highest BCUT2D eigenvalue weighted by Crippen LogP contribution is 2.43. The molecule has 5 nitrogen and oxygen atoms in total. The quantitative estimate of drug-likeness (QED) is 0.879. The van der Waals surface area contributed by atoms with Gasteiger partial charge >= 0.3 is 0 Å². The van der Waals surface area contributed by atoms with Gasteiger partial charge in [-0.3, -0.25) is 4.79 Å². The minimum atomic E-state index is 0.0350. The molecule has 114 valence electrons. The molecule has 2 aromatic rings. The Balaban J connectivity index is 1.52. The maximum Gasteiger partial charge on any atom is 0.259 e. The second kappa shape index (κ2) is 4.87. The van der Waals surface area contributed by atoms with Crippen molar-refractivity contribution in [2.45, 2.75) is 25.2 Å². The van der Waals surface area contributed by atoms with Crippen molar-refractivity contribution in [3.05, 3.63) is 47.3 Å². The molecule has 0 atom stereocenters. The molecule has 2 aliphatic rings. The Kier molecular flexibility index (Phi) is 2.96. The first-order valence-corrected chi connectivity index (χ1v) is 7.73. The Morgan fingerprint density at radius 3 is 2.82 bits per heavy atom. The van der Waals surface area contributed by atoms with E-state index in [1.54, 1.807) is 6.92 Å². The largest absolute Gasteiger partial charge is 0.384 e. The van der Waals surface area contributed by atoms with Gasteiger partial charge in [-0.15, -0.1) is 0 Å². The molecule has 1 aromatic carbocycles. The summed E-state index contributed by atoms with van der Waals surface area (Å²) in [6.45, 7) is 4.33. The van der Waals surface area contributed by atoms with E-state index in [1.807, 2.05) is 4.90 Å². The van der Waals surface area contributed by atoms with Crippen molar-refractivity contribution in [3.8, 4) is 0 Å². The van der Waals surface area contributed by atoms with Crippen LogP contribution >= 0.6 is 0 Å². The zero-order chi connectivity index (χ0) is 15.2. The third kappa shape index (κ3) is 1.92. The van der Waals surface area contributed by atoms with Gasteiger partial charge in [0.05, 0.1) is 5.69 Å². The van der Waals surface area contributed by atoms with Crippen LogP contribution in [-0.4, -0.2) is 35.6 Å². The Morgan fingerprint density at radius 1 is 1.32 bits per heavy atom. The molecule has 1 N–H and O–H groups in total. The van der Waals surface area contributed by atoms with E-state index in [1.165, 1.54) is 17.5 Å². The summed E-state index contributed by atoms with van der Waals surface area (Å²) in [6, 6.07) is 8.53. The number of amides is 1. The van der Waals surface area contributed by atoms with Crippen molar-refractivity contribution in [1.82, 2.24) is 10.1 Å². The standard InChI is InChI=1S/C17H19N3O2/c1-12-13(10-22-19-12)16(21)20-8-6-17(7-9-20)11-18-15-5-3-2-4-14(15)17/h2-5,10,18H,6-9,11H2,1H3. The third-order valence-corrected chi connectivity index (χ3v) is 5.10. The summed E-state index contributed by atoms with van der Waals surface area (Å²) < 4.78 is 4.89. The molecule has 0 unspecified atom stereocenters. The number of para-hydroxylation sites is 1. The molecule has 1 aromatic heterocycles. The lowest BCUT2D eigenvalue weighted by atomic mass is 9.74. The summed E-state index contributed by atoms with van der Waals surface area (Å²) in [5.41, 5.74) is 4.08. The number of piperidine rings is 1. The van der Waals surface area contributed by atoms with Crippen LogP contribution < -0.4 is 5.32 Å². The monoisotopic (exact) mass is 297 g/mol. The fraction of sp³-hybridized carbons (Fsp3) is 0.412. The molecule has 22 heavy (non-hydrogen) atoms. The van der Waals surface area contributed by atoms with Gasteiger partial charge in [0, 0.05) is 30.7 Å². The van der Waals surface area contributed by atoms with Crippen molar-refractivity contribution in [2.75, 3.05) is 25.0 Å². The van der Waals surface area contributed by atoms with E-state index in [-0.39, 0.29) is 11.3 Å². The zero-order valence-corrected chi connectivity index (χ0v) is 12.6. The lowest BCUT2D eigenvalue weighted by Crippen LogP contribution is -2.46. The summed E-state index contributed by atoms with van der Waals surface area (Å²) in [7, 11) is 0. The Bertz CT molecular complexity index is 714. The van der Waals surface area contributed by atoms with Gasteiger partial charge in [-0.25, -0.2) is 0 Å². The van der Waals surface area contributed by atoms with Crippen LogP contribution in [0.5, 0.6) is 0 Å². The molecular formula is C17H19N3O2. The van der Waals surface area contributed by atoms with Crippen LogP contribution in [0, 0.1) is 6.92 Å². The van der Waals surface area contributed by atoms with Gasteiger partial charge < -0.3 is 14.7 Å². The predicted molar refractivity (Wildman–Crippen MR) is 83.0 cm³/mol. The maximum absolute atomic E-state index is 12.5. The topological polar surface area (TPSA) is 58.4 Å². The number of hydrogen-bond acceptors (Lipinski definition) is 4. The normalized spacial score (nSPS) is 19.0. The zero-order valence-electron chi connectivity index (χ0n) is 12.6. The molecule has 0 radical (unpaired) electrons. The van der Waals surface area contributed by atoms with Crippen LogP contribution in [0.4, 0.5) is 5.69 Å². The van der Waals surface area contributed by atoms with E-state index in [4.69, 9.17) is 4.52 Å². The second-order valence-electron chi connectivity index (χ2n) is 6.29. The fourth-order valence-corrected chi connectivity index (χ4v) is 3.71. The van der Waals surface area contributed by atoms with Gasteiger partial charge in [-0.05, 0) is 31.4 Å². The van der Waals surface area contributed by atoms with Gasteiger partial charge in [0.2, 0.25) is 0 Å². The van der Waals surface area contributed by atoms with E-state index in [0.717, 1.165) is 32.5 Å². The molecular weight excluding hydrogens is 278 g/mol. The number of fused-ring (bicyclic) bond motifs is 2. The number of nitrogens with zero attached hydrogens (tertiary/aromatic N) is 2. The molecule has 3 heterocycles. The van der Waals surface area contributed by atoms with E-state index >= 15 is 0 Å². The van der Waals surface area contributed by atoms with Crippen molar-refractivity contribution >= 4 is 11.6 Å². The number of aryl methyl sites for hydroxylation is 1. The first kappa shape index (κ1) is 13.4. The molecule has 1 amide bonds. The van der Waals surface area contributed by atoms with Crippen LogP contribution in [0.3, 0.4) is 0 Å². The first-order chi connectivity index (χ1) is 10.7. The van der Waals surface area contributed by atoms with Gasteiger partial charge in [-0.2, -0.15) is 0 Å². The van der Waals surface area contributed by atoms with Gasteiger partial charge in [-0.1, -0.05) is 23.4 Å². The maximum atomic E-state index is 12.5. The molecule has 0 aliphatic carbocycles. The average Bonchev–Trinajstić information content (AvgIpc) is 3.13. The van der Waals surface area contributed by atoms with E-state index in [0.29, 0.717) is 11.3 Å². The molecule has 1 saturated heterocycles. The van der Waals surface area contributed by atoms with Crippen molar-refractivity contribution < 1.29 is 9.32 Å². The number of aromatic nitrogens is 1. The van der Waals surface area contributed by atoms with Crippen LogP contribution in [0.2, 0.25) is 0 Å². The van der Waals surface area contributed by atoms with Gasteiger partial charge in [0.1, 0.15) is 11.8 Å². The van der Waals surface area contributed by atoms with Gasteiger partial charge in [0.25, 0.3) is 5.91 Å². The summed E-state index contributed by atoms with van der Waals surface area (Å²) in [5, 5.41) is 7.31. The highest BCUT2D eigenvalue weighted by Gasteiger charge is 2.42. The van der Waals surface area contributed by atoms with Crippen LogP contribution in [0.25, 0.3) is 0 Å². The Hall–Kier alpha value is -2.30. The third-order valence-electron chi connectivity index (χ3n) is 5.10. The molecule has 2 aliphatic heterocycles. The smallest absolute Gasteiger partial charge is 0.259 e. The number of rotatable bonds is 1. The number of carbonyl (C=O) groups excluding carboxylic acids is 1. The number of anilines is 1. The SMILES string of the molecule is Cc1nocc1C(=O)N1CCC2(CC1)CNc1ccccc12. The Morgan fingerprint density at radius 2 is 2.09 bits per heavy atom. The summed E-state index contributed by atoms with van der Waals surface area (Å²) in [6.07, 6.45) is 3.44.